The van der Waals surface area contributed by atoms with Crippen molar-refractivity contribution < 1.29 is 19.1 Å². The van der Waals surface area contributed by atoms with Crippen molar-refractivity contribution in [1.29, 1.82) is 0 Å². The Morgan fingerprint density at radius 1 is 1.05 bits per heavy atom. The van der Waals surface area contributed by atoms with E-state index in [1.165, 1.54) is 0 Å². The molecule has 0 fully saturated rings. The van der Waals surface area contributed by atoms with Crippen molar-refractivity contribution in [2.24, 2.45) is 4.99 Å². The molecule has 0 aliphatic carbocycles. The average molecular weight is 569 g/mol. The number of aromatic nitrogens is 2. The molecule has 0 radical (unpaired) electrons. The van der Waals surface area contributed by atoms with Gasteiger partial charge in [-0.1, -0.05) is 49.7 Å². The summed E-state index contributed by atoms with van der Waals surface area (Å²) in [5.74, 6) is 2.42. The van der Waals surface area contributed by atoms with Gasteiger partial charge in [0.2, 0.25) is 0 Å². The lowest BCUT2D eigenvalue weighted by Crippen LogP contribution is -2.28. The van der Waals surface area contributed by atoms with Gasteiger partial charge in [-0.3, -0.25) is 19.1 Å². The topological polar surface area (TPSA) is 104 Å². The van der Waals surface area contributed by atoms with Crippen molar-refractivity contribution in [2.45, 2.75) is 40.0 Å². The van der Waals surface area contributed by atoms with Gasteiger partial charge in [-0.05, 0) is 61.7 Å². The summed E-state index contributed by atoms with van der Waals surface area (Å²) in [7, 11) is 3.22. The zero-order chi connectivity index (χ0) is 30.1. The molecule has 0 amide bonds. The van der Waals surface area contributed by atoms with E-state index in [-0.39, 0.29) is 5.56 Å². The molecule has 9 heteroatoms. The van der Waals surface area contributed by atoms with Gasteiger partial charge < -0.3 is 14.3 Å². The highest BCUT2D eigenvalue weighted by Gasteiger charge is 2.19. The zero-order valence-electron chi connectivity index (χ0n) is 24.6. The van der Waals surface area contributed by atoms with Gasteiger partial charge in [0.05, 0.1) is 25.1 Å². The van der Waals surface area contributed by atoms with Crippen LogP contribution in [0.5, 0.6) is 11.5 Å². The Hall–Kier alpha value is -4.92. The number of ether oxygens (including phenoxy) is 2. The van der Waals surface area contributed by atoms with E-state index in [0.717, 1.165) is 45.8 Å². The van der Waals surface area contributed by atoms with Crippen LogP contribution in [0, 0.1) is 6.92 Å². The molecule has 0 aliphatic heterocycles. The first kappa shape index (κ1) is 30.0. The Kier molecular flexibility index (Phi) is 10.1. The third-order valence-electron chi connectivity index (χ3n) is 6.87. The SMILES string of the molecule is CCCc1nc(C)n(-c2ccc(OCC)cc2)c(=O)c1Cc1ccc(-c2ccccc2C(=NC)NOC=O)c(OC)c1. The molecular formula is C33H36N4O5. The molecule has 0 saturated heterocycles. The standard InChI is InChI=1S/C33H36N4O5/c1-6-10-30-29(33(39)37(22(3)35-30)24-14-16-25(17-15-24)41-7-2)19-23-13-18-27(31(20-23)40-5)26-11-8-9-12-28(26)32(34-4)36-42-21-38/h8-9,11-18,20-21H,6-7,10,19H2,1-5H3,(H,34,36). The predicted octanol–water partition coefficient (Wildman–Crippen LogP) is 5.21. The molecule has 4 rings (SSSR count). The van der Waals surface area contributed by atoms with E-state index in [1.807, 2.05) is 80.6 Å². The van der Waals surface area contributed by atoms with Gasteiger partial charge in [-0.15, -0.1) is 0 Å². The highest BCUT2D eigenvalue weighted by molar-refractivity contribution is 6.04. The Labute approximate surface area is 245 Å². The first-order chi connectivity index (χ1) is 20.4. The number of hydrogen-bond donors (Lipinski definition) is 1. The fraction of sp³-hybridized carbons (Fsp3) is 0.273. The second-order valence-electron chi connectivity index (χ2n) is 9.55. The Balaban J connectivity index is 1.76. The van der Waals surface area contributed by atoms with Crippen molar-refractivity contribution in [1.82, 2.24) is 15.0 Å². The molecule has 0 spiro atoms. The van der Waals surface area contributed by atoms with Crippen LogP contribution in [0.1, 0.15) is 48.5 Å². The minimum Gasteiger partial charge on any atom is -0.496 e. The molecule has 0 saturated carbocycles. The normalized spacial score (nSPS) is 11.2. The molecule has 0 bridgehead atoms. The van der Waals surface area contributed by atoms with E-state index < -0.39 is 0 Å². The highest BCUT2D eigenvalue weighted by Crippen LogP contribution is 2.34. The number of rotatable bonds is 12. The summed E-state index contributed by atoms with van der Waals surface area (Å²) in [6, 6.07) is 21.0. The maximum Gasteiger partial charge on any atom is 0.320 e. The minimum absolute atomic E-state index is 0.0893. The zero-order valence-corrected chi connectivity index (χ0v) is 24.6. The lowest BCUT2D eigenvalue weighted by molar-refractivity contribution is -0.132. The maximum absolute atomic E-state index is 14.0. The molecule has 3 aromatic carbocycles. The molecule has 0 aliphatic rings. The van der Waals surface area contributed by atoms with Gasteiger partial charge in [-0.2, -0.15) is 0 Å². The van der Waals surface area contributed by atoms with Crippen LogP contribution in [0.15, 0.2) is 76.5 Å². The van der Waals surface area contributed by atoms with Crippen LogP contribution in [0.25, 0.3) is 16.8 Å². The lowest BCUT2D eigenvalue weighted by atomic mass is 9.95. The van der Waals surface area contributed by atoms with Gasteiger partial charge in [-0.25, -0.2) is 10.5 Å². The summed E-state index contributed by atoms with van der Waals surface area (Å²) in [4.78, 5) is 38.6. The van der Waals surface area contributed by atoms with Crippen LogP contribution in [0.3, 0.4) is 0 Å². The summed E-state index contributed by atoms with van der Waals surface area (Å²) in [6.45, 7) is 6.75. The summed E-state index contributed by atoms with van der Waals surface area (Å²) >= 11 is 0. The van der Waals surface area contributed by atoms with E-state index in [4.69, 9.17) is 19.3 Å². The van der Waals surface area contributed by atoms with Crippen LogP contribution in [0.4, 0.5) is 0 Å². The van der Waals surface area contributed by atoms with Gasteiger partial charge >= 0.3 is 6.47 Å². The van der Waals surface area contributed by atoms with Gasteiger partial charge in [0.1, 0.15) is 17.3 Å². The molecule has 1 heterocycles. The molecule has 0 atom stereocenters. The number of nitrogens with one attached hydrogen (secondary N) is 1. The van der Waals surface area contributed by atoms with Crippen LogP contribution < -0.4 is 20.5 Å². The Morgan fingerprint density at radius 2 is 1.81 bits per heavy atom. The number of nitrogens with zero attached hydrogens (tertiary/aromatic N) is 3. The molecule has 9 nitrogen and oxygen atoms in total. The third-order valence-corrected chi connectivity index (χ3v) is 6.87. The lowest BCUT2D eigenvalue weighted by Gasteiger charge is -2.17. The molecule has 1 N–H and O–H groups in total. The first-order valence-corrected chi connectivity index (χ1v) is 13.9. The summed E-state index contributed by atoms with van der Waals surface area (Å²) in [6.07, 6.45) is 1.97. The molecule has 1 aromatic heterocycles. The summed E-state index contributed by atoms with van der Waals surface area (Å²) in [5.41, 5.74) is 8.00. The predicted molar refractivity (Wildman–Crippen MR) is 164 cm³/mol. The van der Waals surface area contributed by atoms with Gasteiger partial charge in [0, 0.05) is 30.2 Å². The number of carbonyl (C=O) groups is 1. The fourth-order valence-corrected chi connectivity index (χ4v) is 5.00. The van der Waals surface area contributed by atoms with Gasteiger partial charge in [0.25, 0.3) is 5.56 Å². The largest absolute Gasteiger partial charge is 0.496 e. The maximum atomic E-state index is 14.0. The second kappa shape index (κ2) is 14.1. The number of benzene rings is 3. The van der Waals surface area contributed by atoms with E-state index >= 15 is 0 Å². The highest BCUT2D eigenvalue weighted by atomic mass is 16.7. The van der Waals surface area contributed by atoms with E-state index in [1.54, 1.807) is 18.7 Å². The monoisotopic (exact) mass is 568 g/mol. The molecular weight excluding hydrogens is 532 g/mol. The van der Waals surface area contributed by atoms with Crippen LogP contribution in [-0.4, -0.2) is 42.6 Å². The number of amidine groups is 1. The quantitative estimate of drug-likeness (QED) is 0.108. The molecule has 42 heavy (non-hydrogen) atoms. The van der Waals surface area contributed by atoms with Crippen molar-refractivity contribution in [3.8, 4) is 28.3 Å². The van der Waals surface area contributed by atoms with Crippen molar-refractivity contribution in [3.05, 3.63) is 105 Å². The fourth-order valence-electron chi connectivity index (χ4n) is 5.00. The molecule has 218 valence electrons. The number of aliphatic imine (C=N–C) groups is 1. The Bertz CT molecular complexity index is 1630. The number of hydroxylamine groups is 1. The number of aryl methyl sites for hydroxylation is 2. The third kappa shape index (κ3) is 6.52. The van der Waals surface area contributed by atoms with Crippen molar-refractivity contribution in [3.63, 3.8) is 0 Å². The first-order valence-electron chi connectivity index (χ1n) is 13.9. The van der Waals surface area contributed by atoms with Crippen LogP contribution in [0.2, 0.25) is 0 Å². The van der Waals surface area contributed by atoms with E-state index in [0.29, 0.717) is 48.9 Å². The molecule has 0 unspecified atom stereocenters. The number of carbonyl (C=O) groups excluding carboxylic acids is 1. The van der Waals surface area contributed by atoms with Crippen LogP contribution in [-0.2, 0) is 22.5 Å². The Morgan fingerprint density at radius 3 is 2.48 bits per heavy atom. The van der Waals surface area contributed by atoms with E-state index in [2.05, 4.69) is 17.4 Å². The van der Waals surface area contributed by atoms with Crippen LogP contribution >= 0.6 is 0 Å². The van der Waals surface area contributed by atoms with Crippen molar-refractivity contribution in [2.75, 3.05) is 20.8 Å². The molecule has 4 aromatic rings. The number of hydrogen-bond acceptors (Lipinski definition) is 7. The van der Waals surface area contributed by atoms with Gasteiger partial charge in [0.15, 0.2) is 5.84 Å². The second-order valence-corrected chi connectivity index (χ2v) is 9.55. The summed E-state index contributed by atoms with van der Waals surface area (Å²) in [5, 5.41) is 0. The summed E-state index contributed by atoms with van der Waals surface area (Å²) < 4.78 is 13.1. The van der Waals surface area contributed by atoms with Crippen molar-refractivity contribution >= 4 is 12.3 Å². The smallest absolute Gasteiger partial charge is 0.320 e. The average Bonchev–Trinajstić information content (AvgIpc) is 3.00. The minimum atomic E-state index is -0.0893. The van der Waals surface area contributed by atoms with E-state index in [9.17, 15) is 9.59 Å². The number of methoxy groups -OCH3 is 1.